The Morgan fingerprint density at radius 1 is 0.870 bits per heavy atom. The van der Waals surface area contributed by atoms with Crippen LogP contribution in [0.5, 0.6) is 0 Å². The molecule has 1 unspecified atom stereocenters. The Bertz CT molecular complexity index is 1560. The lowest BCUT2D eigenvalue weighted by Gasteiger charge is -2.46. The number of hydrogen-bond acceptors (Lipinski definition) is 7. The maximum Gasteiger partial charge on any atom is 0.338 e. The van der Waals surface area contributed by atoms with Crippen molar-refractivity contribution < 1.29 is 28.5 Å². The van der Waals surface area contributed by atoms with E-state index in [1.165, 1.54) is 0 Å². The van der Waals surface area contributed by atoms with E-state index in [-0.39, 0.29) is 18.3 Å². The molecule has 1 aliphatic rings. The Kier molecular flexibility index (Phi) is 10.7. The first-order valence-electron chi connectivity index (χ1n) is 15.3. The molecule has 0 saturated carbocycles. The highest BCUT2D eigenvalue weighted by Gasteiger charge is 2.53. The first kappa shape index (κ1) is 33.1. The molecule has 1 heterocycles. The van der Waals surface area contributed by atoms with Crippen molar-refractivity contribution in [2.45, 2.75) is 63.1 Å². The average molecular weight is 638 g/mol. The Morgan fingerprint density at radius 2 is 1.39 bits per heavy atom. The normalized spacial score (nSPS) is 21.6. The largest absolute Gasteiger partial charge is 0.455 e. The molecule has 238 valence electrons. The Labute approximate surface area is 270 Å². The van der Waals surface area contributed by atoms with Gasteiger partial charge in [-0.3, -0.25) is 0 Å². The minimum Gasteiger partial charge on any atom is -0.455 e. The van der Waals surface area contributed by atoms with Gasteiger partial charge in [0.05, 0.1) is 18.8 Å². The van der Waals surface area contributed by atoms with Crippen molar-refractivity contribution in [2.24, 2.45) is 5.11 Å². The number of aliphatic hydroxyl groups is 1. The first-order valence-corrected chi connectivity index (χ1v) is 17.2. The molecular formula is C36H39N3O6Si. The van der Waals surface area contributed by atoms with Gasteiger partial charge in [0.25, 0.3) is 8.32 Å². The molecule has 0 radical (unpaired) electrons. The fraction of sp³-hybridized carbons (Fsp3) is 0.306. The summed E-state index contributed by atoms with van der Waals surface area (Å²) in [4.78, 5) is 16.2. The summed E-state index contributed by atoms with van der Waals surface area (Å²) in [5.74, 6) is -0.668. The molecule has 0 spiro atoms. The highest BCUT2D eigenvalue weighted by molar-refractivity contribution is 6.99. The highest BCUT2D eigenvalue weighted by atomic mass is 28.4. The number of carbonyl (C=O) groups excluding carboxylic acids is 1. The Balaban J connectivity index is 1.50. The zero-order valence-electron chi connectivity index (χ0n) is 26.2. The van der Waals surface area contributed by atoms with Crippen LogP contribution >= 0.6 is 0 Å². The zero-order chi connectivity index (χ0) is 32.6. The van der Waals surface area contributed by atoms with Crippen LogP contribution < -0.4 is 10.4 Å². The molecule has 1 N–H and O–H groups in total. The second-order valence-electron chi connectivity index (χ2n) is 12.2. The minimum absolute atomic E-state index is 0.0397. The molecule has 46 heavy (non-hydrogen) atoms. The zero-order valence-corrected chi connectivity index (χ0v) is 27.2. The lowest BCUT2D eigenvalue weighted by Crippen LogP contribution is -2.68. The summed E-state index contributed by atoms with van der Waals surface area (Å²) in [5.41, 5.74) is 10.7. The quantitative estimate of drug-likeness (QED) is 0.0733. The van der Waals surface area contributed by atoms with E-state index >= 15 is 0 Å². The van der Waals surface area contributed by atoms with Crippen molar-refractivity contribution in [1.82, 2.24) is 0 Å². The van der Waals surface area contributed by atoms with Gasteiger partial charge in [0.15, 0.2) is 6.29 Å². The molecule has 0 aliphatic carbocycles. The van der Waals surface area contributed by atoms with Crippen LogP contribution in [0.4, 0.5) is 0 Å². The summed E-state index contributed by atoms with van der Waals surface area (Å²) in [7, 11) is -3.02. The number of rotatable bonds is 11. The van der Waals surface area contributed by atoms with Gasteiger partial charge in [0.2, 0.25) is 0 Å². The first-order chi connectivity index (χ1) is 22.2. The number of carbonyl (C=O) groups is 1. The Hall–Kier alpha value is -4.28. The van der Waals surface area contributed by atoms with Gasteiger partial charge in [0, 0.05) is 4.91 Å². The average Bonchev–Trinajstić information content (AvgIpc) is 3.08. The molecule has 1 saturated heterocycles. The van der Waals surface area contributed by atoms with E-state index in [1.54, 1.807) is 30.3 Å². The smallest absolute Gasteiger partial charge is 0.338 e. The van der Waals surface area contributed by atoms with Crippen LogP contribution in [0, 0.1) is 0 Å². The van der Waals surface area contributed by atoms with Crippen LogP contribution in [0.3, 0.4) is 0 Å². The monoisotopic (exact) mass is 637 g/mol. The molecule has 0 aromatic heterocycles. The van der Waals surface area contributed by atoms with Crippen molar-refractivity contribution in [2.75, 3.05) is 6.61 Å². The predicted octanol–water partition coefficient (Wildman–Crippen LogP) is 5.77. The third kappa shape index (κ3) is 7.23. The lowest BCUT2D eigenvalue weighted by molar-refractivity contribution is -0.267. The number of aliphatic hydroxyl groups excluding tert-OH is 1. The predicted molar refractivity (Wildman–Crippen MR) is 178 cm³/mol. The van der Waals surface area contributed by atoms with Crippen LogP contribution in [0.2, 0.25) is 5.04 Å². The van der Waals surface area contributed by atoms with Crippen molar-refractivity contribution in [3.63, 3.8) is 0 Å². The van der Waals surface area contributed by atoms with Gasteiger partial charge in [-0.05, 0) is 38.6 Å². The molecule has 4 aromatic carbocycles. The lowest BCUT2D eigenvalue weighted by atomic mass is 9.97. The molecule has 10 heteroatoms. The van der Waals surface area contributed by atoms with Gasteiger partial charge in [-0.2, -0.15) is 0 Å². The molecule has 0 bridgehead atoms. The molecule has 9 nitrogen and oxygen atoms in total. The highest BCUT2D eigenvalue weighted by Crippen LogP contribution is 2.38. The minimum atomic E-state index is -3.02. The van der Waals surface area contributed by atoms with Crippen LogP contribution in [0.1, 0.15) is 36.7 Å². The summed E-state index contributed by atoms with van der Waals surface area (Å²) in [5, 5.41) is 17.5. The maximum atomic E-state index is 13.2. The summed E-state index contributed by atoms with van der Waals surface area (Å²) in [6, 6.07) is 37.0. The van der Waals surface area contributed by atoms with Crippen LogP contribution in [0.15, 0.2) is 126 Å². The van der Waals surface area contributed by atoms with Gasteiger partial charge in [-0.15, -0.1) is 0 Å². The van der Waals surface area contributed by atoms with E-state index < -0.39 is 44.9 Å². The topological polar surface area (TPSA) is 123 Å². The van der Waals surface area contributed by atoms with Crippen LogP contribution in [0.25, 0.3) is 10.4 Å². The Morgan fingerprint density at radius 3 is 1.91 bits per heavy atom. The van der Waals surface area contributed by atoms with E-state index in [1.807, 2.05) is 66.7 Å². The van der Waals surface area contributed by atoms with E-state index in [0.29, 0.717) is 5.56 Å². The van der Waals surface area contributed by atoms with E-state index in [4.69, 9.17) is 18.6 Å². The third-order valence-corrected chi connectivity index (χ3v) is 13.2. The fourth-order valence-corrected chi connectivity index (χ4v) is 10.6. The maximum absolute atomic E-state index is 13.2. The van der Waals surface area contributed by atoms with Crippen molar-refractivity contribution in [3.05, 3.63) is 143 Å². The van der Waals surface area contributed by atoms with Gasteiger partial charge in [-0.25, -0.2) is 4.79 Å². The summed E-state index contributed by atoms with van der Waals surface area (Å²) >= 11 is 0. The van der Waals surface area contributed by atoms with Crippen molar-refractivity contribution in [1.29, 1.82) is 0 Å². The van der Waals surface area contributed by atoms with Gasteiger partial charge < -0.3 is 23.7 Å². The molecule has 1 fully saturated rings. The van der Waals surface area contributed by atoms with Crippen LogP contribution in [-0.4, -0.2) is 56.6 Å². The number of benzene rings is 4. The van der Waals surface area contributed by atoms with E-state index in [2.05, 4.69) is 55.1 Å². The number of nitrogens with zero attached hydrogens (tertiary/aromatic N) is 3. The van der Waals surface area contributed by atoms with E-state index in [9.17, 15) is 15.4 Å². The van der Waals surface area contributed by atoms with Gasteiger partial charge in [0.1, 0.15) is 24.4 Å². The van der Waals surface area contributed by atoms with Crippen molar-refractivity contribution >= 4 is 24.7 Å². The number of esters is 1. The summed E-state index contributed by atoms with van der Waals surface area (Å²) in [6.45, 7) is 6.57. The van der Waals surface area contributed by atoms with E-state index in [0.717, 1.165) is 15.9 Å². The fourth-order valence-electron chi connectivity index (χ4n) is 5.98. The molecule has 5 atom stereocenters. The molecular weight excluding hydrogens is 598 g/mol. The van der Waals surface area contributed by atoms with Crippen LogP contribution in [-0.2, 0) is 25.2 Å². The molecule has 1 aliphatic heterocycles. The summed E-state index contributed by atoms with van der Waals surface area (Å²) < 4.78 is 25.5. The van der Waals surface area contributed by atoms with Gasteiger partial charge in [-0.1, -0.05) is 135 Å². The SMILES string of the molecule is CC(C)(C)[Si](OC[C@H]1OC(OCc2ccccc2)[C@H](N=[N+]=[N-])[C@H](OC(=O)c2ccccc2)[C@@H]1O)(c1ccccc1)c1ccccc1. The second kappa shape index (κ2) is 14.9. The number of hydrogen-bond donors (Lipinski definition) is 1. The standard InChI is InChI=1S/C36H39N3O6Si/c1-36(2,3)46(28-20-12-6-13-21-28,29-22-14-7-15-23-29)43-25-30-32(40)33(45-34(41)27-18-10-5-11-19-27)31(38-39-37)35(44-30)42-24-26-16-8-4-9-17-26/h4-23,30-33,35,40H,24-25H2,1-3H3/t30-,31-,32-,33+,35?/m1/s1. The summed E-state index contributed by atoms with van der Waals surface area (Å²) in [6.07, 6.45) is -4.79. The number of azide groups is 1. The van der Waals surface area contributed by atoms with Crippen molar-refractivity contribution in [3.8, 4) is 0 Å². The second-order valence-corrected chi connectivity index (χ2v) is 16.5. The number of ether oxygens (including phenoxy) is 3. The third-order valence-electron chi connectivity index (χ3n) is 8.22. The molecule has 5 rings (SSSR count). The molecule has 0 amide bonds. The van der Waals surface area contributed by atoms with Gasteiger partial charge >= 0.3 is 5.97 Å². The molecule has 4 aromatic rings.